The topological polar surface area (TPSA) is 96.6 Å². The van der Waals surface area contributed by atoms with Gasteiger partial charge in [-0.2, -0.15) is 0 Å². The maximum atomic E-state index is 11.2. The molecule has 18 heavy (non-hydrogen) atoms. The number of benzene rings is 1. The summed E-state index contributed by atoms with van der Waals surface area (Å²) >= 11 is 0. The van der Waals surface area contributed by atoms with Crippen LogP contribution in [0.3, 0.4) is 0 Å². The summed E-state index contributed by atoms with van der Waals surface area (Å²) in [5.41, 5.74) is -0.331. The van der Waals surface area contributed by atoms with Gasteiger partial charge in [-0.3, -0.25) is 4.79 Å². The van der Waals surface area contributed by atoms with E-state index in [4.69, 9.17) is 9.52 Å². The van der Waals surface area contributed by atoms with E-state index < -0.39 is 11.6 Å². The molecule has 0 unspecified atom stereocenters. The van der Waals surface area contributed by atoms with Gasteiger partial charge in [0.05, 0.1) is 5.56 Å². The average Bonchev–Trinajstić information content (AvgIpc) is 2.26. The number of nitrogens with one attached hydrogen (secondary N) is 1. The van der Waals surface area contributed by atoms with Gasteiger partial charge in [0.2, 0.25) is 5.91 Å². The number of carbonyl (C=O) groups excluding carboxylic acids is 1. The van der Waals surface area contributed by atoms with Gasteiger partial charge in [-0.15, -0.1) is 0 Å². The Labute approximate surface area is 101 Å². The minimum absolute atomic E-state index is 0.117. The van der Waals surface area contributed by atoms with Crippen molar-refractivity contribution < 1.29 is 19.1 Å². The fraction of sp³-hybridized carbons (Fsp3) is 0.0833. The normalized spacial score (nSPS) is 10.3. The van der Waals surface area contributed by atoms with E-state index in [0.717, 1.165) is 6.07 Å². The van der Waals surface area contributed by atoms with E-state index in [1.54, 1.807) is 0 Å². The third kappa shape index (κ3) is 2.22. The lowest BCUT2D eigenvalue weighted by atomic mass is 10.1. The van der Waals surface area contributed by atoms with E-state index >= 15 is 0 Å². The van der Waals surface area contributed by atoms with E-state index in [-0.39, 0.29) is 17.1 Å². The van der Waals surface area contributed by atoms with Crippen LogP contribution in [0.25, 0.3) is 11.0 Å². The highest BCUT2D eigenvalue weighted by Crippen LogP contribution is 2.21. The maximum absolute atomic E-state index is 11.2. The smallest absolute Gasteiger partial charge is 0.337 e. The van der Waals surface area contributed by atoms with Gasteiger partial charge in [0.1, 0.15) is 5.58 Å². The maximum Gasteiger partial charge on any atom is 0.337 e. The molecule has 0 atom stereocenters. The summed E-state index contributed by atoms with van der Waals surface area (Å²) in [5, 5.41) is 11.8. The number of rotatable bonds is 2. The molecule has 1 amide bonds. The van der Waals surface area contributed by atoms with Crippen LogP contribution in [0, 0.1) is 0 Å². The zero-order valence-corrected chi connectivity index (χ0v) is 9.39. The van der Waals surface area contributed by atoms with Gasteiger partial charge in [0, 0.05) is 30.1 Å². The molecule has 0 radical (unpaired) electrons. The van der Waals surface area contributed by atoms with Crippen LogP contribution in [-0.2, 0) is 4.79 Å². The molecule has 0 fully saturated rings. The van der Waals surface area contributed by atoms with Gasteiger partial charge < -0.3 is 14.8 Å². The fourth-order valence-corrected chi connectivity index (χ4v) is 1.62. The molecular weight excluding hydrogens is 238 g/mol. The number of carboxylic acids is 1. The second kappa shape index (κ2) is 4.33. The van der Waals surface area contributed by atoms with Gasteiger partial charge >= 0.3 is 11.6 Å². The summed E-state index contributed by atoms with van der Waals surface area (Å²) in [5.74, 6) is -1.48. The van der Waals surface area contributed by atoms with Crippen LogP contribution in [0.4, 0.5) is 5.69 Å². The highest BCUT2D eigenvalue weighted by atomic mass is 16.4. The van der Waals surface area contributed by atoms with Crippen molar-refractivity contribution >= 4 is 28.5 Å². The van der Waals surface area contributed by atoms with Crippen molar-refractivity contribution in [1.82, 2.24) is 0 Å². The minimum atomic E-state index is -1.21. The molecule has 1 aromatic heterocycles. The Hall–Kier alpha value is -2.63. The Morgan fingerprint density at radius 2 is 2.00 bits per heavy atom. The van der Waals surface area contributed by atoms with E-state index in [1.807, 2.05) is 0 Å². The first-order chi connectivity index (χ1) is 8.47. The fourth-order valence-electron chi connectivity index (χ4n) is 1.62. The van der Waals surface area contributed by atoms with Gasteiger partial charge in [0.25, 0.3) is 0 Å². The minimum Gasteiger partial charge on any atom is -0.478 e. The first-order valence-corrected chi connectivity index (χ1v) is 5.06. The molecule has 0 aliphatic carbocycles. The van der Waals surface area contributed by atoms with Crippen LogP contribution < -0.4 is 10.9 Å². The van der Waals surface area contributed by atoms with Gasteiger partial charge in [-0.05, 0) is 12.1 Å². The number of carbonyl (C=O) groups is 2. The standard InChI is InChI=1S/C12H9NO5/c1-6(14)13-7-2-3-8-9(12(16)17)5-11(15)18-10(8)4-7/h2-5H,1H3,(H,13,14)(H,16,17). The number of hydrogen-bond acceptors (Lipinski definition) is 4. The molecule has 0 bridgehead atoms. The van der Waals surface area contributed by atoms with Crippen molar-refractivity contribution in [3.63, 3.8) is 0 Å². The summed E-state index contributed by atoms with van der Waals surface area (Å²) in [6.07, 6.45) is 0. The number of hydrogen-bond donors (Lipinski definition) is 2. The Balaban J connectivity index is 2.67. The molecule has 6 nitrogen and oxygen atoms in total. The van der Waals surface area contributed by atoms with Crippen LogP contribution in [-0.4, -0.2) is 17.0 Å². The van der Waals surface area contributed by atoms with Crippen LogP contribution in [0.5, 0.6) is 0 Å². The van der Waals surface area contributed by atoms with Crippen molar-refractivity contribution in [2.75, 3.05) is 5.32 Å². The SMILES string of the molecule is CC(=O)Nc1ccc2c(C(=O)O)cc(=O)oc2c1. The third-order valence-corrected chi connectivity index (χ3v) is 2.30. The summed E-state index contributed by atoms with van der Waals surface area (Å²) in [4.78, 5) is 33.1. The molecule has 92 valence electrons. The first kappa shape index (κ1) is 11.8. The molecule has 0 aliphatic rings. The van der Waals surface area contributed by atoms with E-state index in [9.17, 15) is 14.4 Å². The summed E-state index contributed by atoms with van der Waals surface area (Å²) < 4.78 is 4.90. The predicted octanol–water partition coefficient (Wildman–Crippen LogP) is 1.45. The monoisotopic (exact) mass is 247 g/mol. The molecule has 0 saturated carbocycles. The highest BCUT2D eigenvalue weighted by molar-refractivity contribution is 6.03. The van der Waals surface area contributed by atoms with Crippen LogP contribution in [0.1, 0.15) is 17.3 Å². The van der Waals surface area contributed by atoms with Crippen molar-refractivity contribution in [3.8, 4) is 0 Å². The second-order valence-electron chi connectivity index (χ2n) is 3.68. The molecule has 1 heterocycles. The molecular formula is C12H9NO5. The molecule has 2 aromatic rings. The summed E-state index contributed by atoms with van der Waals surface area (Å²) in [6, 6.07) is 5.34. The number of carboxylic acid groups (broad SMARTS) is 1. The Morgan fingerprint density at radius 1 is 1.28 bits per heavy atom. The molecule has 0 spiro atoms. The number of aromatic carboxylic acids is 1. The first-order valence-electron chi connectivity index (χ1n) is 5.06. The molecule has 2 N–H and O–H groups in total. The van der Waals surface area contributed by atoms with Gasteiger partial charge in [-0.1, -0.05) is 0 Å². The lowest BCUT2D eigenvalue weighted by Gasteiger charge is -2.04. The Kier molecular flexibility index (Phi) is 2.85. The average molecular weight is 247 g/mol. The number of amides is 1. The Bertz CT molecular complexity index is 701. The van der Waals surface area contributed by atoms with Gasteiger partial charge in [-0.25, -0.2) is 9.59 Å². The molecule has 1 aromatic carbocycles. The lowest BCUT2D eigenvalue weighted by Crippen LogP contribution is -2.08. The Morgan fingerprint density at radius 3 is 2.61 bits per heavy atom. The third-order valence-electron chi connectivity index (χ3n) is 2.30. The number of fused-ring (bicyclic) bond motifs is 1. The molecule has 0 aliphatic heterocycles. The quantitative estimate of drug-likeness (QED) is 0.783. The summed E-state index contributed by atoms with van der Waals surface area (Å²) in [6.45, 7) is 1.34. The molecule has 2 rings (SSSR count). The van der Waals surface area contributed by atoms with Crippen LogP contribution >= 0.6 is 0 Å². The van der Waals surface area contributed by atoms with E-state index in [0.29, 0.717) is 11.1 Å². The van der Waals surface area contributed by atoms with E-state index in [1.165, 1.54) is 25.1 Å². The lowest BCUT2D eigenvalue weighted by molar-refractivity contribution is -0.114. The van der Waals surface area contributed by atoms with Crippen molar-refractivity contribution in [1.29, 1.82) is 0 Å². The van der Waals surface area contributed by atoms with Gasteiger partial charge in [0.15, 0.2) is 0 Å². The predicted molar refractivity (Wildman–Crippen MR) is 63.7 cm³/mol. The highest BCUT2D eigenvalue weighted by Gasteiger charge is 2.12. The zero-order valence-electron chi connectivity index (χ0n) is 9.39. The molecule has 6 heteroatoms. The second-order valence-corrected chi connectivity index (χ2v) is 3.68. The van der Waals surface area contributed by atoms with Crippen LogP contribution in [0.2, 0.25) is 0 Å². The summed E-state index contributed by atoms with van der Waals surface area (Å²) in [7, 11) is 0. The zero-order chi connectivity index (χ0) is 13.3. The van der Waals surface area contributed by atoms with Crippen molar-refractivity contribution in [3.05, 3.63) is 40.2 Å². The van der Waals surface area contributed by atoms with Crippen molar-refractivity contribution in [2.45, 2.75) is 6.92 Å². The molecule has 0 saturated heterocycles. The van der Waals surface area contributed by atoms with E-state index in [2.05, 4.69) is 5.32 Å². The van der Waals surface area contributed by atoms with Crippen LogP contribution in [0.15, 0.2) is 33.5 Å². The largest absolute Gasteiger partial charge is 0.478 e. The van der Waals surface area contributed by atoms with Crippen molar-refractivity contribution in [2.24, 2.45) is 0 Å². The number of anilines is 1.